The smallest absolute Gasteiger partial charge is 0.300 e. The van der Waals surface area contributed by atoms with Crippen molar-refractivity contribution in [2.45, 2.75) is 13.0 Å². The van der Waals surface area contributed by atoms with Crippen molar-refractivity contribution in [1.82, 2.24) is 0 Å². The molecule has 1 atom stereocenters. The zero-order valence-corrected chi connectivity index (χ0v) is 19.4. The van der Waals surface area contributed by atoms with Crippen LogP contribution in [0.3, 0.4) is 0 Å². The second-order valence-corrected chi connectivity index (χ2v) is 7.79. The number of carbonyl (C=O) groups is 2. The number of aliphatic hydroxyl groups is 1. The maximum atomic E-state index is 13.4. The first-order chi connectivity index (χ1) is 16.4. The van der Waals surface area contributed by atoms with Crippen molar-refractivity contribution in [3.8, 4) is 17.2 Å². The maximum absolute atomic E-state index is 13.4. The number of benzene rings is 3. The van der Waals surface area contributed by atoms with Gasteiger partial charge in [-0.2, -0.15) is 0 Å². The van der Waals surface area contributed by atoms with Crippen LogP contribution in [0.25, 0.3) is 5.76 Å². The minimum absolute atomic E-state index is 0.0336. The molecule has 0 spiro atoms. The van der Waals surface area contributed by atoms with E-state index in [9.17, 15) is 14.7 Å². The zero-order valence-electron chi connectivity index (χ0n) is 19.4. The van der Waals surface area contributed by atoms with E-state index in [1.54, 1.807) is 42.5 Å². The van der Waals surface area contributed by atoms with Crippen molar-refractivity contribution in [2.75, 3.05) is 26.2 Å². The van der Waals surface area contributed by atoms with Crippen molar-refractivity contribution in [2.24, 2.45) is 0 Å². The molecule has 1 unspecified atom stereocenters. The second-order valence-electron chi connectivity index (χ2n) is 7.79. The van der Waals surface area contributed by atoms with Gasteiger partial charge in [0.05, 0.1) is 38.5 Å². The third-order valence-electron chi connectivity index (χ3n) is 5.92. The lowest BCUT2D eigenvalue weighted by atomic mass is 9.92. The number of methoxy groups -OCH3 is 3. The van der Waals surface area contributed by atoms with Crippen molar-refractivity contribution in [3.63, 3.8) is 0 Å². The lowest BCUT2D eigenvalue weighted by Gasteiger charge is -2.27. The summed E-state index contributed by atoms with van der Waals surface area (Å²) < 4.78 is 16.0. The summed E-state index contributed by atoms with van der Waals surface area (Å²) in [5, 5.41) is 11.4. The summed E-state index contributed by atoms with van der Waals surface area (Å²) in [5.74, 6) is -0.528. The molecule has 1 aliphatic rings. The van der Waals surface area contributed by atoms with E-state index in [1.807, 2.05) is 31.2 Å². The molecule has 4 rings (SSSR count). The van der Waals surface area contributed by atoms with Gasteiger partial charge in [0.1, 0.15) is 23.0 Å². The van der Waals surface area contributed by atoms with Gasteiger partial charge in [-0.25, -0.2) is 0 Å². The summed E-state index contributed by atoms with van der Waals surface area (Å²) in [4.78, 5) is 28.1. The standard InChI is InChI=1S/C27H25NO6/c1-16-8-5-6-11-20(16)24-23(25(29)21-15-19(33-3)12-13-22(21)34-4)26(30)27(31)28(24)17-9-7-10-18(14-17)32-2/h5-15,24,29H,1-4H3/b25-23+. The molecule has 3 aromatic rings. The highest BCUT2D eigenvalue weighted by Crippen LogP contribution is 2.45. The largest absolute Gasteiger partial charge is 0.507 e. The molecule has 0 aromatic heterocycles. The molecular formula is C27H25NO6. The molecule has 1 N–H and O–H groups in total. The van der Waals surface area contributed by atoms with E-state index >= 15 is 0 Å². The van der Waals surface area contributed by atoms with Crippen LogP contribution in [0.4, 0.5) is 5.69 Å². The van der Waals surface area contributed by atoms with Gasteiger partial charge in [0.15, 0.2) is 0 Å². The van der Waals surface area contributed by atoms with Crippen LogP contribution in [-0.2, 0) is 9.59 Å². The Morgan fingerprint density at radius 2 is 1.56 bits per heavy atom. The van der Waals surface area contributed by atoms with Crippen LogP contribution in [0.15, 0.2) is 72.3 Å². The van der Waals surface area contributed by atoms with E-state index in [2.05, 4.69) is 0 Å². The Kier molecular flexibility index (Phi) is 6.27. The fourth-order valence-electron chi connectivity index (χ4n) is 4.19. The molecule has 0 saturated carbocycles. The predicted octanol–water partition coefficient (Wildman–Crippen LogP) is 4.65. The number of aryl methyl sites for hydroxylation is 1. The molecule has 0 bridgehead atoms. The monoisotopic (exact) mass is 459 g/mol. The van der Waals surface area contributed by atoms with Gasteiger partial charge < -0.3 is 19.3 Å². The number of anilines is 1. The number of ketones is 1. The molecule has 1 aliphatic heterocycles. The summed E-state index contributed by atoms with van der Waals surface area (Å²) in [7, 11) is 4.49. The first-order valence-electron chi connectivity index (χ1n) is 10.6. The minimum atomic E-state index is -0.857. The molecule has 1 saturated heterocycles. The first kappa shape index (κ1) is 22.9. The molecule has 3 aromatic carbocycles. The van der Waals surface area contributed by atoms with E-state index in [0.29, 0.717) is 28.5 Å². The van der Waals surface area contributed by atoms with Crippen molar-refractivity contribution in [3.05, 3.63) is 89.0 Å². The Hall–Kier alpha value is -4.26. The third kappa shape index (κ3) is 3.85. The van der Waals surface area contributed by atoms with Crippen LogP contribution in [0, 0.1) is 6.92 Å². The average Bonchev–Trinajstić information content (AvgIpc) is 3.13. The fraction of sp³-hybridized carbons (Fsp3) is 0.185. The quantitative estimate of drug-likeness (QED) is 0.328. The first-order valence-corrected chi connectivity index (χ1v) is 10.6. The van der Waals surface area contributed by atoms with Crippen LogP contribution < -0.4 is 19.1 Å². The summed E-state index contributed by atoms with van der Waals surface area (Å²) >= 11 is 0. The molecule has 0 aliphatic carbocycles. The number of carbonyl (C=O) groups excluding carboxylic acids is 2. The van der Waals surface area contributed by atoms with Crippen molar-refractivity contribution in [1.29, 1.82) is 0 Å². The van der Waals surface area contributed by atoms with Gasteiger partial charge in [0.2, 0.25) is 0 Å². The van der Waals surface area contributed by atoms with Gasteiger partial charge in [-0.1, -0.05) is 30.3 Å². The van der Waals surface area contributed by atoms with Crippen LogP contribution >= 0.6 is 0 Å². The Labute approximate surface area is 197 Å². The normalized spacial score (nSPS) is 17.1. The summed E-state index contributed by atoms with van der Waals surface area (Å²) in [5.41, 5.74) is 2.28. The number of ether oxygens (including phenoxy) is 3. The van der Waals surface area contributed by atoms with Gasteiger partial charge in [0.25, 0.3) is 11.7 Å². The van der Waals surface area contributed by atoms with Crippen molar-refractivity contribution >= 4 is 23.1 Å². The van der Waals surface area contributed by atoms with Gasteiger partial charge in [-0.05, 0) is 48.4 Å². The topological polar surface area (TPSA) is 85.3 Å². The Balaban J connectivity index is 2.01. The molecule has 1 heterocycles. The van der Waals surface area contributed by atoms with Gasteiger partial charge in [-0.3, -0.25) is 14.5 Å². The SMILES string of the molecule is COc1cccc(N2C(=O)C(=O)/C(=C(/O)c3cc(OC)ccc3OC)C2c2ccccc2C)c1. The molecule has 1 fully saturated rings. The summed E-state index contributed by atoms with van der Waals surface area (Å²) in [6.07, 6.45) is 0. The zero-order chi connectivity index (χ0) is 24.4. The molecule has 0 radical (unpaired) electrons. The van der Waals surface area contributed by atoms with Crippen molar-refractivity contribution < 1.29 is 28.9 Å². The fourth-order valence-corrected chi connectivity index (χ4v) is 4.19. The van der Waals surface area contributed by atoms with Gasteiger partial charge in [0, 0.05) is 11.8 Å². The van der Waals surface area contributed by atoms with Gasteiger partial charge in [-0.15, -0.1) is 0 Å². The third-order valence-corrected chi connectivity index (χ3v) is 5.92. The summed E-state index contributed by atoms with van der Waals surface area (Å²) in [6, 6.07) is 18.4. The average molecular weight is 459 g/mol. The number of rotatable bonds is 6. The Bertz CT molecular complexity index is 1300. The predicted molar refractivity (Wildman–Crippen MR) is 129 cm³/mol. The highest BCUT2D eigenvalue weighted by Gasteiger charge is 2.47. The molecule has 34 heavy (non-hydrogen) atoms. The van der Waals surface area contributed by atoms with Gasteiger partial charge >= 0.3 is 0 Å². The van der Waals surface area contributed by atoms with Crippen LogP contribution in [-0.4, -0.2) is 38.1 Å². The minimum Gasteiger partial charge on any atom is -0.507 e. The number of Topliss-reactive ketones (excluding diaryl/α,β-unsaturated/α-hetero) is 1. The molecular weight excluding hydrogens is 434 g/mol. The number of nitrogens with zero attached hydrogens (tertiary/aromatic N) is 1. The number of aliphatic hydroxyl groups excluding tert-OH is 1. The van der Waals surface area contributed by atoms with E-state index < -0.39 is 17.7 Å². The highest BCUT2D eigenvalue weighted by atomic mass is 16.5. The van der Waals surface area contributed by atoms with Crippen LogP contribution in [0.5, 0.6) is 17.2 Å². The molecule has 174 valence electrons. The maximum Gasteiger partial charge on any atom is 0.300 e. The van der Waals surface area contributed by atoms with E-state index in [-0.39, 0.29) is 16.9 Å². The number of hydrogen-bond donors (Lipinski definition) is 1. The molecule has 7 heteroatoms. The summed E-state index contributed by atoms with van der Waals surface area (Å²) in [6.45, 7) is 1.90. The Morgan fingerprint density at radius 3 is 2.24 bits per heavy atom. The lowest BCUT2D eigenvalue weighted by molar-refractivity contribution is -0.132. The lowest BCUT2D eigenvalue weighted by Crippen LogP contribution is -2.29. The van der Waals surface area contributed by atoms with E-state index in [0.717, 1.165) is 5.56 Å². The Morgan fingerprint density at radius 1 is 0.853 bits per heavy atom. The molecule has 1 amide bonds. The second kappa shape index (κ2) is 9.31. The van der Waals surface area contributed by atoms with Crippen LogP contribution in [0.1, 0.15) is 22.7 Å². The van der Waals surface area contributed by atoms with E-state index in [4.69, 9.17) is 14.2 Å². The van der Waals surface area contributed by atoms with Crippen LogP contribution in [0.2, 0.25) is 0 Å². The van der Waals surface area contributed by atoms with E-state index in [1.165, 1.54) is 26.2 Å². The number of amides is 1. The molecule has 7 nitrogen and oxygen atoms in total. The highest BCUT2D eigenvalue weighted by molar-refractivity contribution is 6.51. The number of hydrogen-bond acceptors (Lipinski definition) is 6.